The van der Waals surface area contributed by atoms with Crippen LogP contribution in [0.4, 0.5) is 22.0 Å². The van der Waals surface area contributed by atoms with Gasteiger partial charge in [0, 0.05) is 23.7 Å². The third kappa shape index (κ3) is 4.50. The zero-order chi connectivity index (χ0) is 20.5. The van der Waals surface area contributed by atoms with E-state index in [0.29, 0.717) is 12.6 Å². The molecule has 0 aromatic heterocycles. The van der Waals surface area contributed by atoms with E-state index in [1.165, 1.54) is 18.2 Å². The second-order valence-electron chi connectivity index (χ2n) is 6.52. The fourth-order valence-corrected chi connectivity index (χ4v) is 4.10. The summed E-state index contributed by atoms with van der Waals surface area (Å²) in [5.74, 6) is -5.97. The molecule has 10 heteroatoms. The SMILES string of the molecule is O=S(=O)(N[C@H]1CCN[C@H]1Cc1cccc(-c2cc(F)cc(F)c2)c1F)C(F)F. The van der Waals surface area contributed by atoms with Crippen LogP contribution in [0.25, 0.3) is 11.1 Å². The van der Waals surface area contributed by atoms with Crippen molar-refractivity contribution in [2.75, 3.05) is 6.54 Å². The zero-order valence-corrected chi connectivity index (χ0v) is 15.2. The van der Waals surface area contributed by atoms with Crippen molar-refractivity contribution in [1.29, 1.82) is 0 Å². The van der Waals surface area contributed by atoms with Crippen LogP contribution in [-0.4, -0.2) is 32.8 Å². The van der Waals surface area contributed by atoms with E-state index >= 15 is 0 Å². The molecule has 0 spiro atoms. The van der Waals surface area contributed by atoms with E-state index in [4.69, 9.17) is 0 Å². The predicted octanol–water partition coefficient (Wildman–Crippen LogP) is 3.19. The van der Waals surface area contributed by atoms with Crippen LogP contribution in [0.3, 0.4) is 0 Å². The minimum atomic E-state index is -4.78. The third-order valence-electron chi connectivity index (χ3n) is 4.59. The molecular formula is C18H17F5N2O2S. The second-order valence-corrected chi connectivity index (χ2v) is 8.20. The van der Waals surface area contributed by atoms with Crippen LogP contribution in [0, 0.1) is 17.5 Å². The Morgan fingerprint density at radius 2 is 1.79 bits per heavy atom. The maximum absolute atomic E-state index is 14.9. The van der Waals surface area contributed by atoms with Crippen LogP contribution in [-0.2, 0) is 16.4 Å². The van der Waals surface area contributed by atoms with Crippen LogP contribution >= 0.6 is 0 Å². The average Bonchev–Trinajstić information content (AvgIpc) is 3.02. The van der Waals surface area contributed by atoms with Crippen molar-refractivity contribution >= 4 is 10.0 Å². The van der Waals surface area contributed by atoms with Gasteiger partial charge in [-0.25, -0.2) is 26.3 Å². The van der Waals surface area contributed by atoms with E-state index in [1.54, 1.807) is 0 Å². The number of nitrogens with one attached hydrogen (secondary N) is 2. The van der Waals surface area contributed by atoms with Gasteiger partial charge >= 0.3 is 5.76 Å². The minimum absolute atomic E-state index is 0.00783. The van der Waals surface area contributed by atoms with Gasteiger partial charge < -0.3 is 5.32 Å². The average molecular weight is 420 g/mol. The Bertz CT molecular complexity index is 948. The Kier molecular flexibility index (Phi) is 6.01. The first-order valence-corrected chi connectivity index (χ1v) is 9.98. The Balaban J connectivity index is 1.85. The molecule has 1 aliphatic heterocycles. The van der Waals surface area contributed by atoms with Gasteiger partial charge in [0.15, 0.2) is 0 Å². The summed E-state index contributed by atoms with van der Waals surface area (Å²) in [7, 11) is -4.78. The highest BCUT2D eigenvalue weighted by atomic mass is 32.2. The molecule has 0 bridgehead atoms. The highest BCUT2D eigenvalue weighted by molar-refractivity contribution is 7.89. The number of hydrogen-bond acceptors (Lipinski definition) is 3. The Morgan fingerprint density at radius 1 is 1.11 bits per heavy atom. The summed E-state index contributed by atoms with van der Waals surface area (Å²) in [6.07, 6.45) is 0.279. The largest absolute Gasteiger partial charge is 0.350 e. The number of alkyl halides is 2. The van der Waals surface area contributed by atoms with E-state index in [0.717, 1.165) is 12.1 Å². The quantitative estimate of drug-likeness (QED) is 0.706. The summed E-state index contributed by atoms with van der Waals surface area (Å²) in [4.78, 5) is 0. The van der Waals surface area contributed by atoms with Gasteiger partial charge in [0.1, 0.15) is 17.5 Å². The van der Waals surface area contributed by atoms with E-state index < -0.39 is 45.3 Å². The third-order valence-corrected chi connectivity index (χ3v) is 5.69. The maximum atomic E-state index is 14.9. The normalized spacial score (nSPS) is 20.1. The second kappa shape index (κ2) is 8.14. The highest BCUT2D eigenvalue weighted by Gasteiger charge is 2.34. The number of hydrogen-bond donors (Lipinski definition) is 2. The fraction of sp³-hybridized carbons (Fsp3) is 0.333. The molecule has 2 atom stereocenters. The molecule has 3 rings (SSSR count). The van der Waals surface area contributed by atoms with E-state index in [1.807, 2.05) is 4.72 Å². The molecule has 2 aromatic carbocycles. The molecule has 0 saturated carbocycles. The highest BCUT2D eigenvalue weighted by Crippen LogP contribution is 2.28. The van der Waals surface area contributed by atoms with Gasteiger partial charge in [-0.15, -0.1) is 0 Å². The van der Waals surface area contributed by atoms with Crippen LogP contribution in [0.2, 0.25) is 0 Å². The Hall–Kier alpha value is -2.04. The predicted molar refractivity (Wildman–Crippen MR) is 93.7 cm³/mol. The van der Waals surface area contributed by atoms with Crippen molar-refractivity contribution in [3.63, 3.8) is 0 Å². The topological polar surface area (TPSA) is 58.2 Å². The lowest BCUT2D eigenvalue weighted by atomic mass is 9.96. The number of sulfonamides is 1. The monoisotopic (exact) mass is 420 g/mol. The molecule has 0 radical (unpaired) electrons. The van der Waals surface area contributed by atoms with Crippen LogP contribution in [0.15, 0.2) is 36.4 Å². The first kappa shape index (κ1) is 20.7. The number of rotatable bonds is 6. The molecule has 4 nitrogen and oxygen atoms in total. The Morgan fingerprint density at radius 3 is 2.43 bits per heavy atom. The van der Waals surface area contributed by atoms with Crippen molar-refractivity contribution in [2.45, 2.75) is 30.7 Å². The first-order valence-electron chi connectivity index (χ1n) is 8.44. The summed E-state index contributed by atoms with van der Waals surface area (Å²) < 4.78 is 91.8. The molecule has 1 fully saturated rings. The summed E-state index contributed by atoms with van der Waals surface area (Å²) >= 11 is 0. The Labute approximate surface area is 158 Å². The zero-order valence-electron chi connectivity index (χ0n) is 14.4. The number of halogens is 5. The van der Waals surface area contributed by atoms with E-state index in [2.05, 4.69) is 5.32 Å². The fourth-order valence-electron chi connectivity index (χ4n) is 3.29. The molecule has 152 valence electrons. The minimum Gasteiger partial charge on any atom is -0.312 e. The molecule has 0 aliphatic carbocycles. The molecule has 1 saturated heterocycles. The summed E-state index contributed by atoms with van der Waals surface area (Å²) in [6, 6.07) is 5.56. The molecule has 1 aliphatic rings. The smallest absolute Gasteiger partial charge is 0.312 e. The van der Waals surface area contributed by atoms with Gasteiger partial charge in [-0.1, -0.05) is 18.2 Å². The molecule has 0 unspecified atom stereocenters. The summed E-state index contributed by atoms with van der Waals surface area (Å²) in [6.45, 7) is 0.373. The van der Waals surface area contributed by atoms with Crippen LogP contribution in [0.1, 0.15) is 12.0 Å². The van der Waals surface area contributed by atoms with Gasteiger partial charge in [-0.3, -0.25) is 0 Å². The molecule has 1 heterocycles. The molecule has 2 aromatic rings. The first-order chi connectivity index (χ1) is 13.2. The van der Waals surface area contributed by atoms with Crippen molar-refractivity contribution in [3.8, 4) is 11.1 Å². The van der Waals surface area contributed by atoms with Gasteiger partial charge in [-0.05, 0) is 42.6 Å². The van der Waals surface area contributed by atoms with E-state index in [9.17, 15) is 30.4 Å². The van der Waals surface area contributed by atoms with Crippen LogP contribution in [0.5, 0.6) is 0 Å². The molecular weight excluding hydrogens is 403 g/mol. The van der Waals surface area contributed by atoms with Gasteiger partial charge in [0.25, 0.3) is 10.0 Å². The number of benzene rings is 2. The van der Waals surface area contributed by atoms with Crippen LogP contribution < -0.4 is 10.0 Å². The summed E-state index contributed by atoms with van der Waals surface area (Å²) in [5.41, 5.74) is 0.174. The van der Waals surface area contributed by atoms with Crippen molar-refractivity contribution in [1.82, 2.24) is 10.0 Å². The van der Waals surface area contributed by atoms with Crippen molar-refractivity contribution in [2.24, 2.45) is 0 Å². The lowest BCUT2D eigenvalue weighted by Crippen LogP contribution is -2.46. The molecule has 0 amide bonds. The summed E-state index contributed by atoms with van der Waals surface area (Å²) in [5, 5.41) is 2.96. The van der Waals surface area contributed by atoms with E-state index in [-0.39, 0.29) is 29.5 Å². The molecule has 2 N–H and O–H groups in total. The molecule has 28 heavy (non-hydrogen) atoms. The van der Waals surface area contributed by atoms with Gasteiger partial charge in [0.2, 0.25) is 0 Å². The van der Waals surface area contributed by atoms with Gasteiger partial charge in [-0.2, -0.15) is 8.78 Å². The lowest BCUT2D eigenvalue weighted by molar-refractivity contribution is 0.231. The van der Waals surface area contributed by atoms with Crippen molar-refractivity contribution < 1.29 is 30.4 Å². The maximum Gasteiger partial charge on any atom is 0.350 e. The van der Waals surface area contributed by atoms with Gasteiger partial charge in [0.05, 0.1) is 0 Å². The van der Waals surface area contributed by atoms with Crippen molar-refractivity contribution in [3.05, 3.63) is 59.4 Å². The lowest BCUT2D eigenvalue weighted by Gasteiger charge is -2.21. The standard InChI is InChI=1S/C18H17F5N2O2S/c19-12-6-11(7-13(20)9-12)14-3-1-2-10(17(14)21)8-16-15(4-5-24-16)25-28(26,27)18(22)23/h1-3,6-7,9,15-16,18,24-25H,4-5,8H2/t15-,16-/m0/s1.